The maximum atomic E-state index is 11.8. The number of hydrogen-bond acceptors (Lipinski definition) is 5. The van der Waals surface area contributed by atoms with Gasteiger partial charge in [0.15, 0.2) is 0 Å². The molecule has 2 heterocycles. The van der Waals surface area contributed by atoms with E-state index in [1.54, 1.807) is 6.07 Å². The fraction of sp³-hybridized carbons (Fsp3) is 0.583. The lowest BCUT2D eigenvalue weighted by Crippen LogP contribution is -2.55. The van der Waals surface area contributed by atoms with Crippen LogP contribution in [-0.4, -0.2) is 35.0 Å². The van der Waals surface area contributed by atoms with Crippen LogP contribution in [0.15, 0.2) is 6.07 Å². The molecular formula is C12H19N5O. The van der Waals surface area contributed by atoms with Gasteiger partial charge in [-0.05, 0) is 6.42 Å². The molecule has 98 valence electrons. The molecule has 1 amide bonds. The molecular weight excluding hydrogens is 230 g/mol. The summed E-state index contributed by atoms with van der Waals surface area (Å²) in [4.78, 5) is 22.5. The van der Waals surface area contributed by atoms with Crippen LogP contribution in [0.4, 0.5) is 11.6 Å². The van der Waals surface area contributed by atoms with Gasteiger partial charge in [-0.25, -0.2) is 9.97 Å². The average molecular weight is 249 g/mol. The van der Waals surface area contributed by atoms with Crippen LogP contribution in [0.5, 0.6) is 0 Å². The summed E-state index contributed by atoms with van der Waals surface area (Å²) in [5.74, 6) is 1.98. The van der Waals surface area contributed by atoms with E-state index >= 15 is 0 Å². The minimum Gasteiger partial charge on any atom is -0.384 e. The zero-order chi connectivity index (χ0) is 13.1. The van der Waals surface area contributed by atoms with Gasteiger partial charge in [0.1, 0.15) is 23.5 Å². The number of rotatable bonds is 3. The van der Waals surface area contributed by atoms with E-state index in [1.807, 2.05) is 18.7 Å². The number of nitrogens with two attached hydrogens (primary N) is 1. The van der Waals surface area contributed by atoms with Gasteiger partial charge < -0.3 is 16.0 Å². The molecule has 0 aromatic carbocycles. The lowest BCUT2D eigenvalue weighted by atomic mass is 10.1. The summed E-state index contributed by atoms with van der Waals surface area (Å²) in [5, 5.41) is 2.87. The van der Waals surface area contributed by atoms with E-state index in [2.05, 4.69) is 15.3 Å². The van der Waals surface area contributed by atoms with Crippen LogP contribution in [0.25, 0.3) is 0 Å². The van der Waals surface area contributed by atoms with Gasteiger partial charge in [-0.3, -0.25) is 4.79 Å². The second kappa shape index (κ2) is 5.20. The van der Waals surface area contributed by atoms with Crippen molar-refractivity contribution in [1.29, 1.82) is 0 Å². The van der Waals surface area contributed by atoms with Crippen molar-refractivity contribution in [1.82, 2.24) is 15.3 Å². The number of carbonyl (C=O) groups excluding carboxylic acids is 1. The first-order valence-electron chi connectivity index (χ1n) is 6.33. The highest BCUT2D eigenvalue weighted by molar-refractivity contribution is 5.86. The molecule has 1 unspecified atom stereocenters. The Morgan fingerprint density at radius 2 is 2.28 bits per heavy atom. The second-order valence-electron chi connectivity index (χ2n) is 4.33. The van der Waals surface area contributed by atoms with Gasteiger partial charge in [0, 0.05) is 25.6 Å². The zero-order valence-corrected chi connectivity index (χ0v) is 10.8. The minimum atomic E-state index is -0.169. The average Bonchev–Trinajstić information content (AvgIpc) is 2.37. The number of nitrogen functional groups attached to an aromatic ring is 1. The third kappa shape index (κ3) is 2.37. The van der Waals surface area contributed by atoms with E-state index in [0.717, 1.165) is 25.2 Å². The first-order valence-corrected chi connectivity index (χ1v) is 6.33. The third-order valence-corrected chi connectivity index (χ3v) is 3.11. The first kappa shape index (κ1) is 12.6. The van der Waals surface area contributed by atoms with E-state index in [4.69, 9.17) is 5.73 Å². The van der Waals surface area contributed by atoms with Crippen LogP contribution >= 0.6 is 0 Å². The summed E-state index contributed by atoms with van der Waals surface area (Å²) in [5.41, 5.74) is 5.78. The fourth-order valence-corrected chi connectivity index (χ4v) is 2.20. The summed E-state index contributed by atoms with van der Waals surface area (Å²) in [6.45, 7) is 5.37. The summed E-state index contributed by atoms with van der Waals surface area (Å²) < 4.78 is 0. The van der Waals surface area contributed by atoms with Crippen LogP contribution < -0.4 is 16.0 Å². The van der Waals surface area contributed by atoms with Crippen LogP contribution in [0.2, 0.25) is 0 Å². The standard InChI is InChI=1S/C12H19N5O/c1-3-8-12(18)14-5-6-17(8)11-7-9(13)15-10(4-2)16-11/h7-8H,3-6H2,1-2H3,(H,14,18)(H2,13,15,16). The summed E-state index contributed by atoms with van der Waals surface area (Å²) in [7, 11) is 0. The molecule has 0 saturated carbocycles. The number of nitrogens with one attached hydrogen (secondary N) is 1. The molecule has 0 radical (unpaired) electrons. The quantitative estimate of drug-likeness (QED) is 0.806. The molecule has 6 heteroatoms. The molecule has 0 aliphatic carbocycles. The van der Waals surface area contributed by atoms with Crippen molar-refractivity contribution >= 4 is 17.5 Å². The van der Waals surface area contributed by atoms with Gasteiger partial charge in [-0.2, -0.15) is 0 Å². The highest BCUT2D eigenvalue weighted by Gasteiger charge is 2.29. The number of amides is 1. The highest BCUT2D eigenvalue weighted by Crippen LogP contribution is 2.20. The highest BCUT2D eigenvalue weighted by atomic mass is 16.2. The van der Waals surface area contributed by atoms with Crippen molar-refractivity contribution in [3.63, 3.8) is 0 Å². The molecule has 0 spiro atoms. The smallest absolute Gasteiger partial charge is 0.242 e. The molecule has 1 aromatic rings. The lowest BCUT2D eigenvalue weighted by Gasteiger charge is -2.35. The molecule has 2 rings (SSSR count). The minimum absolute atomic E-state index is 0.0546. The van der Waals surface area contributed by atoms with E-state index in [-0.39, 0.29) is 11.9 Å². The SMILES string of the molecule is CCc1nc(N)cc(N2CCNC(=O)C2CC)n1. The fourth-order valence-electron chi connectivity index (χ4n) is 2.20. The lowest BCUT2D eigenvalue weighted by molar-refractivity contribution is -0.123. The Morgan fingerprint density at radius 3 is 2.94 bits per heavy atom. The molecule has 18 heavy (non-hydrogen) atoms. The summed E-state index contributed by atoms with van der Waals surface area (Å²) in [6.07, 6.45) is 1.48. The molecule has 1 aromatic heterocycles. The number of hydrogen-bond donors (Lipinski definition) is 2. The van der Waals surface area contributed by atoms with Crippen molar-refractivity contribution in [3.05, 3.63) is 11.9 Å². The predicted molar refractivity (Wildman–Crippen MR) is 70.3 cm³/mol. The molecule has 1 saturated heterocycles. The van der Waals surface area contributed by atoms with Crippen molar-refractivity contribution in [2.45, 2.75) is 32.7 Å². The normalized spacial score (nSPS) is 19.8. The van der Waals surface area contributed by atoms with Gasteiger partial charge in [-0.1, -0.05) is 13.8 Å². The van der Waals surface area contributed by atoms with E-state index in [0.29, 0.717) is 18.2 Å². The predicted octanol–water partition coefficient (Wildman–Crippen LogP) is 0.336. The molecule has 3 N–H and O–H groups in total. The Morgan fingerprint density at radius 1 is 1.50 bits per heavy atom. The number of carbonyl (C=O) groups is 1. The number of aryl methyl sites for hydroxylation is 1. The monoisotopic (exact) mass is 249 g/mol. The number of piperazine rings is 1. The van der Waals surface area contributed by atoms with Crippen LogP contribution in [0, 0.1) is 0 Å². The number of anilines is 2. The molecule has 1 aliphatic rings. The van der Waals surface area contributed by atoms with Crippen LogP contribution in [0.3, 0.4) is 0 Å². The van der Waals surface area contributed by atoms with Gasteiger partial charge >= 0.3 is 0 Å². The molecule has 0 bridgehead atoms. The summed E-state index contributed by atoms with van der Waals surface area (Å²) >= 11 is 0. The van der Waals surface area contributed by atoms with Gasteiger partial charge in [0.2, 0.25) is 5.91 Å². The van der Waals surface area contributed by atoms with Gasteiger partial charge in [-0.15, -0.1) is 0 Å². The molecule has 1 fully saturated rings. The Balaban J connectivity index is 2.34. The third-order valence-electron chi connectivity index (χ3n) is 3.11. The Hall–Kier alpha value is -1.85. The van der Waals surface area contributed by atoms with E-state index < -0.39 is 0 Å². The largest absolute Gasteiger partial charge is 0.384 e. The Kier molecular flexibility index (Phi) is 3.64. The van der Waals surface area contributed by atoms with Crippen LogP contribution in [0.1, 0.15) is 26.1 Å². The Bertz CT molecular complexity index is 448. The van der Waals surface area contributed by atoms with Crippen LogP contribution in [-0.2, 0) is 11.2 Å². The van der Waals surface area contributed by atoms with E-state index in [9.17, 15) is 4.79 Å². The van der Waals surface area contributed by atoms with Crippen molar-refractivity contribution in [2.75, 3.05) is 23.7 Å². The second-order valence-corrected chi connectivity index (χ2v) is 4.33. The number of nitrogens with zero attached hydrogens (tertiary/aromatic N) is 3. The molecule has 6 nitrogen and oxygen atoms in total. The van der Waals surface area contributed by atoms with Gasteiger partial charge in [0.05, 0.1) is 0 Å². The topological polar surface area (TPSA) is 84.1 Å². The Labute approximate surface area is 107 Å². The first-order chi connectivity index (χ1) is 8.65. The van der Waals surface area contributed by atoms with Crippen molar-refractivity contribution < 1.29 is 4.79 Å². The zero-order valence-electron chi connectivity index (χ0n) is 10.8. The molecule has 1 atom stereocenters. The van der Waals surface area contributed by atoms with Gasteiger partial charge in [0.25, 0.3) is 0 Å². The summed E-state index contributed by atoms with van der Waals surface area (Å²) in [6, 6.07) is 1.57. The van der Waals surface area contributed by atoms with Crippen molar-refractivity contribution in [3.8, 4) is 0 Å². The molecule has 1 aliphatic heterocycles. The number of aromatic nitrogens is 2. The maximum absolute atomic E-state index is 11.8. The van der Waals surface area contributed by atoms with Crippen molar-refractivity contribution in [2.24, 2.45) is 0 Å². The maximum Gasteiger partial charge on any atom is 0.242 e. The van der Waals surface area contributed by atoms with E-state index in [1.165, 1.54) is 0 Å².